The maximum Gasteiger partial charge on any atom is 0.251 e. The second-order valence-electron chi connectivity index (χ2n) is 5.46. The van der Waals surface area contributed by atoms with Crippen molar-refractivity contribution in [2.45, 2.75) is 39.5 Å². The van der Waals surface area contributed by atoms with Crippen LogP contribution in [0.5, 0.6) is 0 Å². The number of carbonyl (C=O) groups is 1. The molecule has 1 aromatic carbocycles. The predicted molar refractivity (Wildman–Crippen MR) is 78.3 cm³/mol. The van der Waals surface area contributed by atoms with Crippen LogP contribution in [0.25, 0.3) is 0 Å². The third-order valence-corrected chi connectivity index (χ3v) is 3.31. The number of hydrogen-bond acceptors (Lipinski definition) is 2. The van der Waals surface area contributed by atoms with Crippen molar-refractivity contribution in [1.29, 1.82) is 0 Å². The van der Waals surface area contributed by atoms with Crippen molar-refractivity contribution >= 4 is 5.91 Å². The summed E-state index contributed by atoms with van der Waals surface area (Å²) in [5.41, 5.74) is 1.95. The van der Waals surface area contributed by atoms with Gasteiger partial charge in [0.15, 0.2) is 0 Å². The second kappa shape index (κ2) is 7.95. The number of aliphatic hydroxyl groups is 1. The molecular formula is C16H25NO2. The first-order valence-corrected chi connectivity index (χ1v) is 7.03. The van der Waals surface area contributed by atoms with Crippen molar-refractivity contribution < 1.29 is 9.90 Å². The number of hydrogen-bond donors (Lipinski definition) is 2. The van der Waals surface area contributed by atoms with Crippen LogP contribution in [0.4, 0.5) is 0 Å². The first-order valence-electron chi connectivity index (χ1n) is 7.03. The second-order valence-corrected chi connectivity index (χ2v) is 5.46. The fourth-order valence-electron chi connectivity index (χ4n) is 1.87. The van der Waals surface area contributed by atoms with Gasteiger partial charge < -0.3 is 10.4 Å². The number of amides is 1. The molecule has 3 heteroatoms. The predicted octanol–water partition coefficient (Wildman–Crippen LogP) is 2.95. The maximum absolute atomic E-state index is 11.9. The summed E-state index contributed by atoms with van der Waals surface area (Å²) in [5.74, 6) is 0.770. The number of aliphatic hydroxyl groups excluding tert-OH is 1. The molecule has 19 heavy (non-hydrogen) atoms. The smallest absolute Gasteiger partial charge is 0.251 e. The molecule has 0 bridgehead atoms. The van der Waals surface area contributed by atoms with Crippen LogP contribution in [-0.4, -0.2) is 24.2 Å². The minimum Gasteiger partial charge on any atom is -0.396 e. The summed E-state index contributed by atoms with van der Waals surface area (Å²) < 4.78 is 0. The molecule has 0 aromatic heterocycles. The molecule has 1 rings (SSSR count). The van der Waals surface area contributed by atoms with E-state index in [0.29, 0.717) is 23.9 Å². The lowest BCUT2D eigenvalue weighted by molar-refractivity contribution is 0.0952. The highest BCUT2D eigenvalue weighted by Gasteiger charge is 2.06. The fourth-order valence-corrected chi connectivity index (χ4v) is 1.87. The molecule has 106 valence electrons. The van der Waals surface area contributed by atoms with Gasteiger partial charge in [-0.15, -0.1) is 0 Å². The van der Waals surface area contributed by atoms with Crippen molar-refractivity contribution in [1.82, 2.24) is 5.32 Å². The van der Waals surface area contributed by atoms with E-state index < -0.39 is 0 Å². The fraction of sp³-hybridized carbons (Fsp3) is 0.562. The average Bonchev–Trinajstić information content (AvgIpc) is 2.43. The van der Waals surface area contributed by atoms with Crippen LogP contribution in [0.2, 0.25) is 0 Å². The highest BCUT2D eigenvalue weighted by Crippen LogP contribution is 2.14. The molecule has 0 heterocycles. The molecule has 1 amide bonds. The molecule has 2 N–H and O–H groups in total. The van der Waals surface area contributed by atoms with Crippen LogP contribution >= 0.6 is 0 Å². The van der Waals surface area contributed by atoms with Crippen LogP contribution in [-0.2, 0) is 0 Å². The maximum atomic E-state index is 11.9. The number of rotatable bonds is 7. The molecule has 1 atom stereocenters. The van der Waals surface area contributed by atoms with E-state index in [-0.39, 0.29) is 12.5 Å². The molecule has 0 radical (unpaired) electrons. The molecule has 3 nitrogen and oxygen atoms in total. The van der Waals surface area contributed by atoms with Gasteiger partial charge in [0, 0.05) is 18.7 Å². The van der Waals surface area contributed by atoms with Gasteiger partial charge in [0.05, 0.1) is 0 Å². The first kappa shape index (κ1) is 15.7. The Balaban J connectivity index is 2.37. The van der Waals surface area contributed by atoms with Crippen molar-refractivity contribution in [3.8, 4) is 0 Å². The van der Waals surface area contributed by atoms with Crippen LogP contribution in [0.3, 0.4) is 0 Å². The van der Waals surface area contributed by atoms with Crippen molar-refractivity contribution in [3.63, 3.8) is 0 Å². The van der Waals surface area contributed by atoms with E-state index in [9.17, 15) is 4.79 Å². The largest absolute Gasteiger partial charge is 0.396 e. The van der Waals surface area contributed by atoms with Crippen LogP contribution in [0, 0.1) is 5.92 Å². The molecule has 0 spiro atoms. The summed E-state index contributed by atoms with van der Waals surface area (Å²) in [5, 5.41) is 11.8. The van der Waals surface area contributed by atoms with Crippen molar-refractivity contribution in [3.05, 3.63) is 35.4 Å². The Morgan fingerprint density at radius 2 is 1.84 bits per heavy atom. The SMILES string of the molecule is CC(CO)CCCNC(=O)c1ccc(C(C)C)cc1. The molecule has 0 aliphatic rings. The monoisotopic (exact) mass is 263 g/mol. The highest BCUT2D eigenvalue weighted by atomic mass is 16.3. The van der Waals surface area contributed by atoms with E-state index in [2.05, 4.69) is 19.2 Å². The number of nitrogens with one attached hydrogen (secondary N) is 1. The highest BCUT2D eigenvalue weighted by molar-refractivity contribution is 5.94. The Bertz CT molecular complexity index is 384. The van der Waals surface area contributed by atoms with Gasteiger partial charge >= 0.3 is 0 Å². The minimum atomic E-state index is -0.0213. The third kappa shape index (κ3) is 5.43. The standard InChI is InChI=1S/C16H25NO2/c1-12(2)14-6-8-15(9-7-14)16(19)17-10-4-5-13(3)11-18/h6-9,12-13,18H,4-5,10-11H2,1-3H3,(H,17,19). The zero-order chi connectivity index (χ0) is 14.3. The molecule has 0 saturated heterocycles. The van der Waals surface area contributed by atoms with Gasteiger partial charge in [-0.05, 0) is 42.4 Å². The summed E-state index contributed by atoms with van der Waals surface area (Å²) in [6, 6.07) is 7.77. The quantitative estimate of drug-likeness (QED) is 0.743. The Hall–Kier alpha value is -1.35. The zero-order valence-corrected chi connectivity index (χ0v) is 12.1. The van der Waals surface area contributed by atoms with Crippen molar-refractivity contribution in [2.75, 3.05) is 13.2 Å². The topological polar surface area (TPSA) is 49.3 Å². The van der Waals surface area contributed by atoms with Gasteiger partial charge in [-0.3, -0.25) is 4.79 Å². The molecule has 0 aliphatic heterocycles. The Kier molecular flexibility index (Phi) is 6.57. The van der Waals surface area contributed by atoms with Gasteiger partial charge in [-0.25, -0.2) is 0 Å². The summed E-state index contributed by atoms with van der Waals surface area (Å²) in [7, 11) is 0. The number of benzene rings is 1. The summed E-state index contributed by atoms with van der Waals surface area (Å²) in [6.07, 6.45) is 1.83. The molecule has 0 saturated carbocycles. The molecule has 1 aromatic rings. The minimum absolute atomic E-state index is 0.0213. The lowest BCUT2D eigenvalue weighted by Crippen LogP contribution is -2.24. The van der Waals surface area contributed by atoms with E-state index >= 15 is 0 Å². The lowest BCUT2D eigenvalue weighted by Gasteiger charge is -2.09. The average molecular weight is 263 g/mol. The third-order valence-electron chi connectivity index (χ3n) is 3.31. The van der Waals surface area contributed by atoms with Gasteiger partial charge in [-0.1, -0.05) is 32.9 Å². The zero-order valence-electron chi connectivity index (χ0n) is 12.1. The molecule has 0 fully saturated rings. The van der Waals surface area contributed by atoms with E-state index in [0.717, 1.165) is 12.8 Å². The summed E-state index contributed by atoms with van der Waals surface area (Å²) >= 11 is 0. The van der Waals surface area contributed by atoms with Crippen LogP contribution in [0.1, 0.15) is 55.5 Å². The number of carbonyl (C=O) groups excluding carboxylic acids is 1. The lowest BCUT2D eigenvalue weighted by atomic mass is 10.0. The van der Waals surface area contributed by atoms with Gasteiger partial charge in [0.1, 0.15) is 0 Å². The van der Waals surface area contributed by atoms with E-state index in [1.165, 1.54) is 5.56 Å². The van der Waals surface area contributed by atoms with E-state index in [1.807, 2.05) is 31.2 Å². The normalized spacial score (nSPS) is 12.5. The van der Waals surface area contributed by atoms with Crippen molar-refractivity contribution in [2.24, 2.45) is 5.92 Å². The van der Waals surface area contributed by atoms with Gasteiger partial charge in [0.25, 0.3) is 5.91 Å². The molecular weight excluding hydrogens is 238 g/mol. The Labute approximate surface area is 116 Å². The van der Waals surface area contributed by atoms with Crippen LogP contribution in [0.15, 0.2) is 24.3 Å². The van der Waals surface area contributed by atoms with E-state index in [4.69, 9.17) is 5.11 Å². The molecule has 0 aliphatic carbocycles. The Morgan fingerprint density at radius 1 is 1.21 bits per heavy atom. The van der Waals surface area contributed by atoms with Gasteiger partial charge in [-0.2, -0.15) is 0 Å². The summed E-state index contributed by atoms with van der Waals surface area (Å²) in [6.45, 7) is 7.15. The molecule has 1 unspecified atom stereocenters. The van der Waals surface area contributed by atoms with Gasteiger partial charge in [0.2, 0.25) is 0 Å². The Morgan fingerprint density at radius 3 is 2.37 bits per heavy atom. The van der Waals surface area contributed by atoms with E-state index in [1.54, 1.807) is 0 Å². The first-order chi connectivity index (χ1) is 9.04. The summed E-state index contributed by atoms with van der Waals surface area (Å²) in [4.78, 5) is 11.9. The van der Waals surface area contributed by atoms with Crippen LogP contribution < -0.4 is 5.32 Å².